The summed E-state index contributed by atoms with van der Waals surface area (Å²) in [5, 5.41) is 5.70. The van der Waals surface area contributed by atoms with Gasteiger partial charge in [0.2, 0.25) is 5.91 Å². The number of carbonyl (C=O) groups is 2. The molecule has 6 nitrogen and oxygen atoms in total. The zero-order chi connectivity index (χ0) is 16.4. The van der Waals surface area contributed by atoms with Crippen LogP contribution in [-0.2, 0) is 18.4 Å². The molecule has 2 atom stereocenters. The van der Waals surface area contributed by atoms with Gasteiger partial charge in [-0.05, 0) is 30.5 Å². The molecule has 2 unspecified atom stereocenters. The fourth-order valence-corrected chi connectivity index (χ4v) is 2.49. The third-order valence-electron chi connectivity index (χ3n) is 4.17. The third-order valence-corrected chi connectivity index (χ3v) is 4.17. The smallest absolute Gasteiger partial charge is 0.251 e. The van der Waals surface area contributed by atoms with Crippen LogP contribution in [0.5, 0.6) is 0 Å². The summed E-state index contributed by atoms with van der Waals surface area (Å²) in [5.74, 6) is 1.19. The number of hydrogen-bond acceptors (Lipinski definition) is 3. The fourth-order valence-electron chi connectivity index (χ4n) is 2.49. The van der Waals surface area contributed by atoms with E-state index in [9.17, 15) is 9.59 Å². The average molecular weight is 312 g/mol. The van der Waals surface area contributed by atoms with Crippen LogP contribution in [0.2, 0.25) is 0 Å². The number of imidazole rings is 1. The van der Waals surface area contributed by atoms with Crippen LogP contribution in [0.25, 0.3) is 0 Å². The zero-order valence-electron chi connectivity index (χ0n) is 13.2. The molecule has 0 radical (unpaired) electrons. The van der Waals surface area contributed by atoms with E-state index >= 15 is 0 Å². The van der Waals surface area contributed by atoms with Gasteiger partial charge in [-0.25, -0.2) is 4.98 Å². The predicted molar refractivity (Wildman–Crippen MR) is 86.7 cm³/mol. The number of aryl methyl sites for hydroxylation is 1. The molecule has 1 aromatic carbocycles. The fraction of sp³-hybridized carbons (Fsp3) is 0.353. The first-order valence-corrected chi connectivity index (χ1v) is 7.70. The molecule has 120 valence electrons. The lowest BCUT2D eigenvalue weighted by Crippen LogP contribution is -2.24. The maximum absolute atomic E-state index is 12.2. The summed E-state index contributed by atoms with van der Waals surface area (Å²) in [6.45, 7) is 2.42. The van der Waals surface area contributed by atoms with E-state index in [0.717, 1.165) is 12.2 Å². The van der Waals surface area contributed by atoms with E-state index in [-0.39, 0.29) is 17.7 Å². The molecule has 2 aromatic rings. The maximum Gasteiger partial charge on any atom is 0.251 e. The van der Waals surface area contributed by atoms with Gasteiger partial charge >= 0.3 is 0 Å². The van der Waals surface area contributed by atoms with Crippen molar-refractivity contribution in [1.82, 2.24) is 14.9 Å². The minimum atomic E-state index is -0.191. The van der Waals surface area contributed by atoms with Crippen LogP contribution in [0.3, 0.4) is 0 Å². The van der Waals surface area contributed by atoms with Gasteiger partial charge in [0.05, 0.1) is 6.54 Å². The molecule has 1 fully saturated rings. The molecule has 0 bridgehead atoms. The van der Waals surface area contributed by atoms with Gasteiger partial charge in [0.1, 0.15) is 5.82 Å². The first kappa shape index (κ1) is 15.3. The number of nitrogens with one attached hydrogen (secondary N) is 2. The zero-order valence-corrected chi connectivity index (χ0v) is 13.2. The Bertz CT molecular complexity index is 738. The second-order valence-electron chi connectivity index (χ2n) is 6.03. The number of amides is 2. The van der Waals surface area contributed by atoms with Gasteiger partial charge in [-0.15, -0.1) is 0 Å². The highest BCUT2D eigenvalue weighted by molar-refractivity contribution is 5.98. The van der Waals surface area contributed by atoms with Crippen molar-refractivity contribution in [3.8, 4) is 0 Å². The molecule has 0 saturated heterocycles. The van der Waals surface area contributed by atoms with Gasteiger partial charge in [-0.1, -0.05) is 13.0 Å². The molecule has 1 aliphatic rings. The Labute approximate surface area is 134 Å². The predicted octanol–water partition coefficient (Wildman–Crippen LogP) is 1.94. The topological polar surface area (TPSA) is 76.0 Å². The Morgan fingerprint density at radius 3 is 2.83 bits per heavy atom. The number of anilines is 1. The van der Waals surface area contributed by atoms with E-state index in [1.807, 2.05) is 17.8 Å². The van der Waals surface area contributed by atoms with Gasteiger partial charge in [0, 0.05) is 36.6 Å². The van der Waals surface area contributed by atoms with E-state index < -0.39 is 0 Å². The van der Waals surface area contributed by atoms with Crippen LogP contribution in [-0.4, -0.2) is 21.4 Å². The number of aromatic nitrogens is 2. The standard InChI is InChI=1S/C17H20N4O2/c1-11-8-14(11)17(23)20-13-5-3-4-12(9-13)16(22)19-10-15-18-6-7-21(15)2/h3-7,9,11,14H,8,10H2,1-2H3,(H,19,22)(H,20,23). The van der Waals surface area contributed by atoms with Crippen LogP contribution >= 0.6 is 0 Å². The number of hydrogen-bond donors (Lipinski definition) is 2. The molecule has 6 heteroatoms. The summed E-state index contributed by atoms with van der Waals surface area (Å²) in [6, 6.07) is 6.98. The monoisotopic (exact) mass is 312 g/mol. The SMILES string of the molecule is CC1CC1C(=O)Nc1cccc(C(=O)NCc2nccn2C)c1. The van der Waals surface area contributed by atoms with Crippen molar-refractivity contribution < 1.29 is 9.59 Å². The third kappa shape index (κ3) is 3.59. The van der Waals surface area contributed by atoms with Crippen LogP contribution in [0.4, 0.5) is 5.69 Å². The van der Waals surface area contributed by atoms with Gasteiger partial charge in [0.25, 0.3) is 5.91 Å². The molecule has 1 saturated carbocycles. The molecular weight excluding hydrogens is 292 g/mol. The van der Waals surface area contributed by atoms with Gasteiger partial charge in [-0.3, -0.25) is 9.59 Å². The molecule has 0 aliphatic heterocycles. The highest BCUT2D eigenvalue weighted by Crippen LogP contribution is 2.38. The van der Waals surface area contributed by atoms with Crippen LogP contribution in [0.1, 0.15) is 29.5 Å². The minimum Gasteiger partial charge on any atom is -0.345 e. The lowest BCUT2D eigenvalue weighted by molar-refractivity contribution is -0.117. The summed E-state index contributed by atoms with van der Waals surface area (Å²) in [4.78, 5) is 28.4. The van der Waals surface area contributed by atoms with Crippen molar-refractivity contribution in [3.05, 3.63) is 48.0 Å². The lowest BCUT2D eigenvalue weighted by Gasteiger charge is -2.08. The van der Waals surface area contributed by atoms with E-state index in [2.05, 4.69) is 22.5 Å². The summed E-state index contributed by atoms with van der Waals surface area (Å²) in [7, 11) is 1.88. The first-order valence-electron chi connectivity index (χ1n) is 7.70. The van der Waals surface area contributed by atoms with E-state index in [1.165, 1.54) is 0 Å². The maximum atomic E-state index is 12.2. The quantitative estimate of drug-likeness (QED) is 0.886. The van der Waals surface area contributed by atoms with Gasteiger partial charge in [0.15, 0.2) is 0 Å². The largest absolute Gasteiger partial charge is 0.345 e. The Balaban J connectivity index is 1.61. The highest BCUT2D eigenvalue weighted by Gasteiger charge is 2.39. The van der Waals surface area contributed by atoms with Gasteiger partial charge in [-0.2, -0.15) is 0 Å². The van der Waals surface area contributed by atoms with Crippen molar-refractivity contribution >= 4 is 17.5 Å². The molecule has 2 amide bonds. The van der Waals surface area contributed by atoms with Crippen molar-refractivity contribution in [3.63, 3.8) is 0 Å². The number of benzene rings is 1. The first-order chi connectivity index (χ1) is 11.0. The molecule has 1 heterocycles. The van der Waals surface area contributed by atoms with Crippen molar-refractivity contribution in [1.29, 1.82) is 0 Å². The van der Waals surface area contributed by atoms with E-state index in [1.54, 1.807) is 30.5 Å². The molecular formula is C17H20N4O2. The van der Waals surface area contributed by atoms with E-state index in [4.69, 9.17) is 0 Å². The lowest BCUT2D eigenvalue weighted by atomic mass is 10.2. The Kier molecular flexibility index (Phi) is 4.14. The molecule has 1 aromatic heterocycles. The Morgan fingerprint density at radius 2 is 2.17 bits per heavy atom. The summed E-state index contributed by atoms with van der Waals surface area (Å²) < 4.78 is 1.85. The Morgan fingerprint density at radius 1 is 1.39 bits per heavy atom. The van der Waals surface area contributed by atoms with E-state index in [0.29, 0.717) is 23.7 Å². The van der Waals surface area contributed by atoms with Crippen LogP contribution in [0.15, 0.2) is 36.7 Å². The number of carbonyl (C=O) groups excluding carboxylic acids is 2. The normalized spacial score (nSPS) is 19.2. The van der Waals surface area contributed by atoms with Crippen molar-refractivity contribution in [2.24, 2.45) is 18.9 Å². The summed E-state index contributed by atoms with van der Waals surface area (Å²) in [5.41, 5.74) is 1.17. The molecule has 23 heavy (non-hydrogen) atoms. The Hall–Kier alpha value is -2.63. The van der Waals surface area contributed by atoms with Crippen LogP contribution < -0.4 is 10.6 Å². The average Bonchev–Trinajstić information content (AvgIpc) is 3.13. The highest BCUT2D eigenvalue weighted by atomic mass is 16.2. The minimum absolute atomic E-state index is 0.0306. The van der Waals surface area contributed by atoms with Crippen molar-refractivity contribution in [2.75, 3.05) is 5.32 Å². The van der Waals surface area contributed by atoms with Crippen LogP contribution in [0, 0.1) is 11.8 Å². The second-order valence-corrected chi connectivity index (χ2v) is 6.03. The second kappa shape index (κ2) is 6.24. The summed E-state index contributed by atoms with van der Waals surface area (Å²) >= 11 is 0. The summed E-state index contributed by atoms with van der Waals surface area (Å²) in [6.07, 6.45) is 4.46. The molecule has 2 N–H and O–H groups in total. The van der Waals surface area contributed by atoms with Gasteiger partial charge < -0.3 is 15.2 Å². The molecule has 0 spiro atoms. The number of rotatable bonds is 5. The van der Waals surface area contributed by atoms with Crippen molar-refractivity contribution in [2.45, 2.75) is 19.9 Å². The molecule has 3 rings (SSSR count). The molecule has 1 aliphatic carbocycles. The number of nitrogens with zero attached hydrogens (tertiary/aromatic N) is 2.